The fourth-order valence-electron chi connectivity index (χ4n) is 4.84. The highest BCUT2D eigenvalue weighted by atomic mass is 16.5. The fraction of sp³-hybridized carbons (Fsp3) is 0.714. The lowest BCUT2D eigenvalue weighted by Crippen LogP contribution is -2.45. The zero-order chi connectivity index (χ0) is 17.3. The van der Waals surface area contributed by atoms with E-state index in [4.69, 9.17) is 4.74 Å². The molecular formula is C21H32N2O2. The Balaban J connectivity index is 1.38. The molecule has 2 heterocycles. The van der Waals surface area contributed by atoms with Crippen LogP contribution in [0.3, 0.4) is 0 Å². The van der Waals surface area contributed by atoms with Gasteiger partial charge in [-0.1, -0.05) is 12.1 Å². The smallest absolute Gasteiger partial charge is 0.162 e. The number of aromatic hydroxyl groups is 1. The van der Waals surface area contributed by atoms with E-state index < -0.39 is 0 Å². The minimum atomic E-state index is 0.323. The van der Waals surface area contributed by atoms with E-state index in [2.05, 4.69) is 9.80 Å². The van der Waals surface area contributed by atoms with Gasteiger partial charge in [0.2, 0.25) is 0 Å². The Kier molecular flexibility index (Phi) is 4.92. The summed E-state index contributed by atoms with van der Waals surface area (Å²) < 4.78 is 5.53. The van der Waals surface area contributed by atoms with Crippen LogP contribution in [0, 0.1) is 11.3 Å². The van der Waals surface area contributed by atoms with E-state index in [0.29, 0.717) is 23.5 Å². The molecular weight excluding hydrogens is 312 g/mol. The lowest BCUT2D eigenvalue weighted by Gasteiger charge is -2.40. The van der Waals surface area contributed by atoms with Gasteiger partial charge in [-0.05, 0) is 69.5 Å². The van der Waals surface area contributed by atoms with Crippen LogP contribution in [0.4, 0.5) is 0 Å². The molecule has 2 aliphatic heterocycles. The maximum atomic E-state index is 10.5. The molecule has 4 heteroatoms. The van der Waals surface area contributed by atoms with Gasteiger partial charge < -0.3 is 14.7 Å². The number of hydrogen-bond acceptors (Lipinski definition) is 4. The summed E-state index contributed by atoms with van der Waals surface area (Å²) in [6, 6.07) is 5.87. The topological polar surface area (TPSA) is 35.9 Å². The van der Waals surface area contributed by atoms with Gasteiger partial charge in [0.25, 0.3) is 0 Å². The molecule has 0 radical (unpaired) electrons. The van der Waals surface area contributed by atoms with Gasteiger partial charge in [0.15, 0.2) is 11.5 Å². The SMILES string of the molecule is CCOc1cccc(CN2CCC3(CCCN(CC4CC4)C3)C2)c1O. The lowest BCUT2D eigenvalue weighted by atomic mass is 9.79. The third kappa shape index (κ3) is 3.95. The summed E-state index contributed by atoms with van der Waals surface area (Å²) in [5, 5.41) is 10.5. The number of ether oxygens (including phenoxy) is 1. The van der Waals surface area contributed by atoms with Crippen molar-refractivity contribution in [3.63, 3.8) is 0 Å². The summed E-state index contributed by atoms with van der Waals surface area (Å²) in [6.45, 7) is 9.60. The normalized spacial score (nSPS) is 27.9. The summed E-state index contributed by atoms with van der Waals surface area (Å²) in [5.41, 5.74) is 1.48. The van der Waals surface area contributed by atoms with Crippen molar-refractivity contribution >= 4 is 0 Å². The summed E-state index contributed by atoms with van der Waals surface area (Å²) in [4.78, 5) is 5.27. The number of hydrogen-bond donors (Lipinski definition) is 1. The number of nitrogens with zero attached hydrogens (tertiary/aromatic N) is 2. The number of likely N-dealkylation sites (tertiary alicyclic amines) is 2. The van der Waals surface area contributed by atoms with Gasteiger partial charge in [-0.15, -0.1) is 0 Å². The van der Waals surface area contributed by atoms with Crippen molar-refractivity contribution in [1.82, 2.24) is 9.80 Å². The summed E-state index contributed by atoms with van der Waals surface area (Å²) in [5.74, 6) is 1.93. The van der Waals surface area contributed by atoms with E-state index in [1.165, 1.54) is 58.3 Å². The molecule has 3 fully saturated rings. The van der Waals surface area contributed by atoms with Crippen LogP contribution >= 0.6 is 0 Å². The Morgan fingerprint density at radius 2 is 2.00 bits per heavy atom. The Bertz CT molecular complexity index is 602. The molecule has 25 heavy (non-hydrogen) atoms. The van der Waals surface area contributed by atoms with Gasteiger partial charge in [0.1, 0.15) is 0 Å². The second kappa shape index (κ2) is 7.16. The van der Waals surface area contributed by atoms with Crippen LogP contribution < -0.4 is 4.74 Å². The first-order valence-electron chi connectivity index (χ1n) is 10.1. The fourth-order valence-corrected chi connectivity index (χ4v) is 4.84. The monoisotopic (exact) mass is 344 g/mol. The molecule has 0 bridgehead atoms. The van der Waals surface area contributed by atoms with E-state index in [1.807, 2.05) is 25.1 Å². The van der Waals surface area contributed by atoms with Gasteiger partial charge in [-0.2, -0.15) is 0 Å². The van der Waals surface area contributed by atoms with Gasteiger partial charge in [-0.3, -0.25) is 4.90 Å². The van der Waals surface area contributed by atoms with Gasteiger partial charge in [0.05, 0.1) is 6.61 Å². The van der Waals surface area contributed by atoms with Crippen molar-refractivity contribution in [2.45, 2.75) is 45.6 Å². The minimum Gasteiger partial charge on any atom is -0.504 e. The molecule has 0 amide bonds. The highest BCUT2D eigenvalue weighted by Crippen LogP contribution is 2.41. The van der Waals surface area contributed by atoms with Crippen LogP contribution in [0.15, 0.2) is 18.2 Å². The Labute approximate surface area is 151 Å². The van der Waals surface area contributed by atoms with Gasteiger partial charge in [-0.25, -0.2) is 0 Å². The van der Waals surface area contributed by atoms with Crippen molar-refractivity contribution in [2.75, 3.05) is 39.3 Å². The molecule has 1 aromatic rings. The van der Waals surface area contributed by atoms with Crippen LogP contribution in [-0.2, 0) is 6.54 Å². The highest BCUT2D eigenvalue weighted by Gasteiger charge is 2.42. The number of benzene rings is 1. The molecule has 0 aromatic heterocycles. The second-order valence-electron chi connectivity index (χ2n) is 8.44. The largest absolute Gasteiger partial charge is 0.504 e. The first-order valence-corrected chi connectivity index (χ1v) is 10.1. The molecule has 1 saturated carbocycles. The van der Waals surface area contributed by atoms with Crippen LogP contribution in [-0.4, -0.2) is 54.2 Å². The number of piperidine rings is 1. The Hall–Kier alpha value is -1.26. The van der Waals surface area contributed by atoms with Crippen molar-refractivity contribution in [3.8, 4) is 11.5 Å². The second-order valence-corrected chi connectivity index (χ2v) is 8.44. The molecule has 1 atom stereocenters. The van der Waals surface area contributed by atoms with Crippen molar-refractivity contribution < 1.29 is 9.84 Å². The third-order valence-corrected chi connectivity index (χ3v) is 6.25. The molecule has 2 saturated heterocycles. The molecule has 3 aliphatic rings. The third-order valence-electron chi connectivity index (χ3n) is 6.25. The van der Waals surface area contributed by atoms with Gasteiger partial charge in [0, 0.05) is 31.7 Å². The highest BCUT2D eigenvalue weighted by molar-refractivity contribution is 5.45. The molecule has 1 spiro atoms. The number of phenolic OH excluding ortho intramolecular Hbond substituents is 1. The van der Waals surface area contributed by atoms with E-state index >= 15 is 0 Å². The molecule has 1 aliphatic carbocycles. The lowest BCUT2D eigenvalue weighted by molar-refractivity contribution is 0.0883. The number of para-hydroxylation sites is 1. The Morgan fingerprint density at radius 1 is 1.16 bits per heavy atom. The maximum absolute atomic E-state index is 10.5. The zero-order valence-corrected chi connectivity index (χ0v) is 15.5. The molecule has 4 rings (SSSR count). The molecule has 4 nitrogen and oxygen atoms in total. The van der Waals surface area contributed by atoms with Crippen LogP contribution in [0.2, 0.25) is 0 Å². The minimum absolute atomic E-state index is 0.323. The van der Waals surface area contributed by atoms with E-state index in [9.17, 15) is 5.11 Å². The quantitative estimate of drug-likeness (QED) is 0.857. The van der Waals surface area contributed by atoms with E-state index in [1.54, 1.807) is 0 Å². The first kappa shape index (κ1) is 17.2. The summed E-state index contributed by atoms with van der Waals surface area (Å²) >= 11 is 0. The van der Waals surface area contributed by atoms with Crippen LogP contribution in [0.5, 0.6) is 11.5 Å². The van der Waals surface area contributed by atoms with Crippen molar-refractivity contribution in [3.05, 3.63) is 23.8 Å². The number of phenols is 1. The molecule has 1 unspecified atom stereocenters. The van der Waals surface area contributed by atoms with Crippen molar-refractivity contribution in [2.24, 2.45) is 11.3 Å². The average molecular weight is 344 g/mol. The van der Waals surface area contributed by atoms with E-state index in [0.717, 1.165) is 24.6 Å². The first-order chi connectivity index (χ1) is 12.2. The van der Waals surface area contributed by atoms with Crippen molar-refractivity contribution in [1.29, 1.82) is 0 Å². The average Bonchev–Trinajstić information content (AvgIpc) is 3.33. The maximum Gasteiger partial charge on any atom is 0.162 e. The molecule has 1 N–H and O–H groups in total. The summed E-state index contributed by atoms with van der Waals surface area (Å²) in [6.07, 6.45) is 6.93. The van der Waals surface area contributed by atoms with E-state index in [-0.39, 0.29) is 0 Å². The van der Waals surface area contributed by atoms with Gasteiger partial charge >= 0.3 is 0 Å². The predicted octanol–water partition coefficient (Wildman–Crippen LogP) is 3.49. The Morgan fingerprint density at radius 3 is 2.80 bits per heavy atom. The number of rotatable bonds is 6. The zero-order valence-electron chi connectivity index (χ0n) is 15.5. The van der Waals surface area contributed by atoms with Crippen LogP contribution in [0.1, 0.15) is 44.6 Å². The predicted molar refractivity (Wildman–Crippen MR) is 100 cm³/mol. The molecule has 1 aromatic carbocycles. The van der Waals surface area contributed by atoms with Crippen LogP contribution in [0.25, 0.3) is 0 Å². The standard InChI is InChI=1S/C21H32N2O2/c1-2-25-19-6-3-5-18(20(19)24)14-23-12-10-21(16-23)9-4-11-22(15-21)13-17-7-8-17/h3,5-6,17,24H,2,4,7-16H2,1H3. The molecule has 138 valence electrons. The summed E-state index contributed by atoms with van der Waals surface area (Å²) in [7, 11) is 0.